The number of sulfonamides is 1. The van der Waals surface area contributed by atoms with Crippen LogP contribution in [-0.4, -0.2) is 32.3 Å². The summed E-state index contributed by atoms with van der Waals surface area (Å²) in [5, 5.41) is 0. The van der Waals surface area contributed by atoms with Crippen molar-refractivity contribution in [2.75, 3.05) is 13.1 Å². The molecule has 0 bridgehead atoms. The van der Waals surface area contributed by atoms with Crippen molar-refractivity contribution in [3.05, 3.63) is 70.8 Å². The molecule has 0 radical (unpaired) electrons. The lowest BCUT2D eigenvalue weighted by Crippen LogP contribution is -2.38. The zero-order chi connectivity index (χ0) is 18.6. The Hall–Kier alpha value is -2.18. The number of hydrogen-bond donors (Lipinski definition) is 1. The van der Waals surface area contributed by atoms with Gasteiger partial charge < -0.3 is 4.90 Å². The number of fused-ring (bicyclic) bond motifs is 1. The maximum absolute atomic E-state index is 12.4. The zero-order valence-electron chi connectivity index (χ0n) is 14.9. The molecule has 0 saturated heterocycles. The average molecular weight is 372 g/mol. The van der Waals surface area contributed by atoms with Crippen LogP contribution in [0.25, 0.3) is 0 Å². The van der Waals surface area contributed by atoms with Gasteiger partial charge in [-0.3, -0.25) is 4.79 Å². The SMILES string of the molecule is Cc1ccc(CS(=O)(=O)NCCC(=O)N2CCc3ccccc3C2)cc1. The number of nitrogens with one attached hydrogen (secondary N) is 1. The van der Waals surface area contributed by atoms with Gasteiger partial charge in [0.05, 0.1) is 5.75 Å². The highest BCUT2D eigenvalue weighted by Gasteiger charge is 2.20. The third kappa shape index (κ3) is 4.93. The van der Waals surface area contributed by atoms with Gasteiger partial charge in [-0.05, 0) is 30.0 Å². The summed E-state index contributed by atoms with van der Waals surface area (Å²) in [7, 11) is -3.44. The Morgan fingerprint density at radius 2 is 1.77 bits per heavy atom. The highest BCUT2D eigenvalue weighted by molar-refractivity contribution is 7.88. The van der Waals surface area contributed by atoms with E-state index in [4.69, 9.17) is 0 Å². The summed E-state index contributed by atoms with van der Waals surface area (Å²) in [5.74, 6) is -0.0870. The fraction of sp³-hybridized carbons (Fsp3) is 0.350. The number of rotatable bonds is 6. The summed E-state index contributed by atoms with van der Waals surface area (Å²) in [6, 6.07) is 15.5. The predicted molar refractivity (Wildman–Crippen MR) is 102 cm³/mol. The van der Waals surface area contributed by atoms with Gasteiger partial charge in [0, 0.05) is 26.1 Å². The quantitative estimate of drug-likeness (QED) is 0.847. The molecule has 26 heavy (non-hydrogen) atoms. The number of carbonyl (C=O) groups is 1. The number of hydrogen-bond acceptors (Lipinski definition) is 3. The minimum absolute atomic E-state index is 0.0162. The summed E-state index contributed by atoms with van der Waals surface area (Å²) in [6.45, 7) is 3.38. The van der Waals surface area contributed by atoms with E-state index in [0.717, 1.165) is 17.5 Å². The second-order valence-corrected chi connectivity index (χ2v) is 8.53. The van der Waals surface area contributed by atoms with E-state index in [-0.39, 0.29) is 24.6 Å². The minimum atomic E-state index is -3.44. The third-order valence-corrected chi connectivity index (χ3v) is 5.98. The molecule has 3 rings (SSSR count). The van der Waals surface area contributed by atoms with Crippen molar-refractivity contribution in [2.24, 2.45) is 0 Å². The summed E-state index contributed by atoms with van der Waals surface area (Å²) >= 11 is 0. The molecule has 2 aromatic carbocycles. The Morgan fingerprint density at radius 3 is 2.50 bits per heavy atom. The Morgan fingerprint density at radius 1 is 1.08 bits per heavy atom. The first-order chi connectivity index (χ1) is 12.4. The van der Waals surface area contributed by atoms with Crippen LogP contribution in [0, 0.1) is 6.92 Å². The lowest BCUT2D eigenvalue weighted by atomic mass is 10.00. The first-order valence-electron chi connectivity index (χ1n) is 8.80. The van der Waals surface area contributed by atoms with Crippen molar-refractivity contribution in [1.82, 2.24) is 9.62 Å². The van der Waals surface area contributed by atoms with Crippen LogP contribution in [-0.2, 0) is 33.5 Å². The summed E-state index contributed by atoms with van der Waals surface area (Å²) < 4.78 is 26.9. The number of nitrogens with zero attached hydrogens (tertiary/aromatic N) is 1. The predicted octanol–water partition coefficient (Wildman–Crippen LogP) is 2.39. The van der Waals surface area contributed by atoms with E-state index in [0.29, 0.717) is 13.1 Å². The van der Waals surface area contributed by atoms with Crippen LogP contribution >= 0.6 is 0 Å². The molecule has 0 atom stereocenters. The fourth-order valence-electron chi connectivity index (χ4n) is 3.13. The monoisotopic (exact) mass is 372 g/mol. The summed E-state index contributed by atoms with van der Waals surface area (Å²) in [5.41, 5.74) is 4.29. The molecule has 0 fully saturated rings. The van der Waals surface area contributed by atoms with Gasteiger partial charge in [-0.2, -0.15) is 0 Å². The molecule has 0 aromatic heterocycles. The van der Waals surface area contributed by atoms with Crippen LogP contribution < -0.4 is 4.72 Å². The number of carbonyl (C=O) groups excluding carboxylic acids is 1. The molecule has 1 heterocycles. The Labute approximate surface area is 155 Å². The fourth-order valence-corrected chi connectivity index (χ4v) is 4.28. The van der Waals surface area contributed by atoms with Crippen LogP contribution in [0.1, 0.15) is 28.7 Å². The Kier molecular flexibility index (Phi) is 5.74. The second-order valence-electron chi connectivity index (χ2n) is 6.72. The van der Waals surface area contributed by atoms with Crippen LogP contribution in [0.2, 0.25) is 0 Å². The maximum atomic E-state index is 12.4. The van der Waals surface area contributed by atoms with Gasteiger partial charge in [-0.1, -0.05) is 54.1 Å². The van der Waals surface area contributed by atoms with E-state index in [9.17, 15) is 13.2 Å². The van der Waals surface area contributed by atoms with Gasteiger partial charge in [0.2, 0.25) is 15.9 Å². The minimum Gasteiger partial charge on any atom is -0.338 e. The molecule has 0 spiro atoms. The molecule has 5 nitrogen and oxygen atoms in total. The number of amides is 1. The smallest absolute Gasteiger partial charge is 0.224 e. The van der Waals surface area contributed by atoms with Crippen LogP contribution in [0.3, 0.4) is 0 Å². The van der Waals surface area contributed by atoms with E-state index >= 15 is 0 Å². The molecule has 1 amide bonds. The van der Waals surface area contributed by atoms with Gasteiger partial charge in [0.25, 0.3) is 0 Å². The molecular weight excluding hydrogens is 348 g/mol. The van der Waals surface area contributed by atoms with Crippen molar-refractivity contribution in [3.8, 4) is 0 Å². The maximum Gasteiger partial charge on any atom is 0.224 e. The summed E-state index contributed by atoms with van der Waals surface area (Å²) in [6.07, 6.45) is 1.02. The Bertz CT molecular complexity index is 876. The second kappa shape index (κ2) is 8.01. The van der Waals surface area contributed by atoms with E-state index in [1.165, 1.54) is 11.1 Å². The molecule has 1 aliphatic rings. The molecule has 0 unspecified atom stereocenters. The van der Waals surface area contributed by atoms with Gasteiger partial charge in [0.15, 0.2) is 0 Å². The van der Waals surface area contributed by atoms with Crippen molar-refractivity contribution in [3.63, 3.8) is 0 Å². The molecule has 6 heteroatoms. The van der Waals surface area contributed by atoms with Gasteiger partial charge in [0.1, 0.15) is 0 Å². The third-order valence-electron chi connectivity index (χ3n) is 4.62. The van der Waals surface area contributed by atoms with Crippen molar-refractivity contribution in [1.29, 1.82) is 0 Å². The first kappa shape index (κ1) is 18.6. The molecule has 0 aliphatic carbocycles. The van der Waals surface area contributed by atoms with Crippen molar-refractivity contribution < 1.29 is 13.2 Å². The number of aryl methyl sites for hydroxylation is 1. The summed E-state index contributed by atoms with van der Waals surface area (Å²) in [4.78, 5) is 14.2. The molecule has 2 aromatic rings. The van der Waals surface area contributed by atoms with Gasteiger partial charge >= 0.3 is 0 Å². The van der Waals surface area contributed by atoms with Gasteiger partial charge in [-0.15, -0.1) is 0 Å². The molecule has 1 aliphatic heterocycles. The first-order valence-corrected chi connectivity index (χ1v) is 10.5. The standard InChI is InChI=1S/C20H24N2O3S/c1-16-6-8-17(9-7-16)15-26(24,25)21-12-10-20(23)22-13-11-18-4-2-3-5-19(18)14-22/h2-9,21H,10-15H2,1H3. The molecule has 0 saturated carbocycles. The largest absolute Gasteiger partial charge is 0.338 e. The molecule has 138 valence electrons. The van der Waals surface area contributed by atoms with E-state index in [1.54, 1.807) is 4.90 Å². The lowest BCUT2D eigenvalue weighted by molar-refractivity contribution is -0.131. The van der Waals surface area contributed by atoms with E-state index in [1.807, 2.05) is 49.4 Å². The zero-order valence-corrected chi connectivity index (χ0v) is 15.8. The van der Waals surface area contributed by atoms with Crippen molar-refractivity contribution >= 4 is 15.9 Å². The highest BCUT2D eigenvalue weighted by Crippen LogP contribution is 2.18. The topological polar surface area (TPSA) is 66.5 Å². The molecule has 1 N–H and O–H groups in total. The number of benzene rings is 2. The molecular formula is C20H24N2O3S. The lowest BCUT2D eigenvalue weighted by Gasteiger charge is -2.29. The van der Waals surface area contributed by atoms with Crippen molar-refractivity contribution in [2.45, 2.75) is 32.1 Å². The van der Waals surface area contributed by atoms with E-state index in [2.05, 4.69) is 10.8 Å². The average Bonchev–Trinajstić information content (AvgIpc) is 2.63. The van der Waals surface area contributed by atoms with Gasteiger partial charge in [-0.25, -0.2) is 13.1 Å². The normalized spacial score (nSPS) is 14.1. The Balaban J connectivity index is 1.48. The van der Waals surface area contributed by atoms with Crippen LogP contribution in [0.4, 0.5) is 0 Å². The van der Waals surface area contributed by atoms with Crippen LogP contribution in [0.5, 0.6) is 0 Å². The van der Waals surface area contributed by atoms with Crippen LogP contribution in [0.15, 0.2) is 48.5 Å². The highest BCUT2D eigenvalue weighted by atomic mass is 32.2. The van der Waals surface area contributed by atoms with E-state index < -0.39 is 10.0 Å².